The molecular formula is C13H18FNS. The van der Waals surface area contributed by atoms with Gasteiger partial charge in [0.25, 0.3) is 0 Å². The van der Waals surface area contributed by atoms with Gasteiger partial charge in [0, 0.05) is 17.0 Å². The number of thioether (sulfide) groups is 1. The zero-order chi connectivity index (χ0) is 11.7. The molecule has 1 aromatic rings. The Bertz CT molecular complexity index is 380. The van der Waals surface area contributed by atoms with Crippen LogP contribution in [0.15, 0.2) is 23.1 Å². The van der Waals surface area contributed by atoms with Gasteiger partial charge in [0.1, 0.15) is 5.82 Å². The maximum Gasteiger partial charge on any atom is 0.137 e. The smallest absolute Gasteiger partial charge is 0.137 e. The van der Waals surface area contributed by atoms with Gasteiger partial charge in [-0.3, -0.25) is 0 Å². The molecule has 0 aromatic heterocycles. The third kappa shape index (κ3) is 2.58. The number of rotatable bonds is 4. The van der Waals surface area contributed by atoms with E-state index in [9.17, 15) is 4.39 Å². The van der Waals surface area contributed by atoms with E-state index in [0.717, 1.165) is 16.4 Å². The van der Waals surface area contributed by atoms with E-state index in [4.69, 9.17) is 0 Å². The van der Waals surface area contributed by atoms with Crippen molar-refractivity contribution in [3.05, 3.63) is 29.6 Å². The van der Waals surface area contributed by atoms with Crippen molar-refractivity contribution in [2.75, 3.05) is 6.26 Å². The summed E-state index contributed by atoms with van der Waals surface area (Å²) in [6.45, 7) is 4.33. The lowest BCUT2D eigenvalue weighted by atomic mass is 10.1. The van der Waals surface area contributed by atoms with Crippen LogP contribution in [0.3, 0.4) is 0 Å². The molecule has 1 saturated carbocycles. The number of benzene rings is 1. The number of hydrogen-bond acceptors (Lipinski definition) is 2. The molecule has 3 atom stereocenters. The molecule has 2 rings (SSSR count). The summed E-state index contributed by atoms with van der Waals surface area (Å²) >= 11 is 1.45. The molecule has 1 fully saturated rings. The van der Waals surface area contributed by atoms with E-state index >= 15 is 0 Å². The highest BCUT2D eigenvalue weighted by atomic mass is 32.2. The largest absolute Gasteiger partial charge is 0.307 e. The van der Waals surface area contributed by atoms with E-state index in [2.05, 4.69) is 19.2 Å². The normalized spacial score (nSPS) is 25.5. The van der Waals surface area contributed by atoms with E-state index in [1.807, 2.05) is 18.4 Å². The van der Waals surface area contributed by atoms with Crippen LogP contribution in [0.1, 0.15) is 31.9 Å². The van der Waals surface area contributed by atoms with Gasteiger partial charge in [-0.2, -0.15) is 0 Å². The highest BCUT2D eigenvalue weighted by Gasteiger charge is 2.33. The average molecular weight is 239 g/mol. The van der Waals surface area contributed by atoms with E-state index < -0.39 is 0 Å². The molecule has 3 heteroatoms. The molecule has 1 N–H and O–H groups in total. The van der Waals surface area contributed by atoms with Crippen LogP contribution >= 0.6 is 11.8 Å². The molecule has 0 heterocycles. The number of nitrogens with one attached hydrogen (secondary N) is 1. The minimum atomic E-state index is -0.109. The summed E-state index contributed by atoms with van der Waals surface area (Å²) in [7, 11) is 0. The molecule has 3 unspecified atom stereocenters. The monoisotopic (exact) mass is 239 g/mol. The first-order chi connectivity index (χ1) is 7.61. The Morgan fingerprint density at radius 2 is 2.19 bits per heavy atom. The molecule has 0 spiro atoms. The van der Waals surface area contributed by atoms with Gasteiger partial charge in [-0.25, -0.2) is 4.39 Å². The van der Waals surface area contributed by atoms with Crippen LogP contribution in [-0.2, 0) is 0 Å². The molecule has 1 aliphatic carbocycles. The van der Waals surface area contributed by atoms with E-state index in [-0.39, 0.29) is 11.9 Å². The molecule has 88 valence electrons. The quantitative estimate of drug-likeness (QED) is 0.806. The van der Waals surface area contributed by atoms with E-state index in [1.165, 1.54) is 18.2 Å². The molecule has 0 amide bonds. The first kappa shape index (κ1) is 11.9. The predicted octanol–water partition coefficient (Wildman–Crippen LogP) is 3.61. The van der Waals surface area contributed by atoms with Gasteiger partial charge in [0.05, 0.1) is 0 Å². The van der Waals surface area contributed by atoms with Crippen LogP contribution in [0.2, 0.25) is 0 Å². The van der Waals surface area contributed by atoms with Crippen LogP contribution in [0.5, 0.6) is 0 Å². The van der Waals surface area contributed by atoms with Crippen LogP contribution in [0.4, 0.5) is 4.39 Å². The Morgan fingerprint density at radius 1 is 1.50 bits per heavy atom. The lowest BCUT2D eigenvalue weighted by Gasteiger charge is -2.14. The van der Waals surface area contributed by atoms with Crippen LogP contribution in [0.25, 0.3) is 0 Å². The third-order valence-electron chi connectivity index (χ3n) is 3.25. The molecule has 0 radical (unpaired) electrons. The van der Waals surface area contributed by atoms with Crippen molar-refractivity contribution in [3.63, 3.8) is 0 Å². The summed E-state index contributed by atoms with van der Waals surface area (Å²) < 4.78 is 13.6. The van der Waals surface area contributed by atoms with Gasteiger partial charge in [0.2, 0.25) is 0 Å². The Hall–Kier alpha value is -0.540. The average Bonchev–Trinajstić information content (AvgIpc) is 2.94. The summed E-state index contributed by atoms with van der Waals surface area (Å²) in [5.41, 5.74) is 1.04. The van der Waals surface area contributed by atoms with Gasteiger partial charge in [-0.15, -0.1) is 11.8 Å². The molecule has 0 bridgehead atoms. The first-order valence-electron chi connectivity index (χ1n) is 5.71. The molecular weight excluding hydrogens is 221 g/mol. The zero-order valence-electron chi connectivity index (χ0n) is 9.96. The maximum absolute atomic E-state index is 13.6. The summed E-state index contributed by atoms with van der Waals surface area (Å²) in [4.78, 5) is 0.718. The Labute approximate surface area is 101 Å². The highest BCUT2D eigenvalue weighted by molar-refractivity contribution is 7.98. The van der Waals surface area contributed by atoms with E-state index in [1.54, 1.807) is 6.07 Å². The summed E-state index contributed by atoms with van der Waals surface area (Å²) in [6.07, 6.45) is 3.14. The van der Waals surface area contributed by atoms with Crippen molar-refractivity contribution in [2.45, 2.75) is 37.2 Å². The maximum atomic E-state index is 13.6. The van der Waals surface area contributed by atoms with Gasteiger partial charge in [-0.05, 0) is 43.2 Å². The van der Waals surface area contributed by atoms with Crippen LogP contribution in [0, 0.1) is 11.7 Å². The molecule has 0 aliphatic heterocycles. The molecule has 1 nitrogen and oxygen atoms in total. The summed E-state index contributed by atoms with van der Waals surface area (Å²) in [5, 5.41) is 3.51. The van der Waals surface area contributed by atoms with Crippen molar-refractivity contribution in [1.29, 1.82) is 0 Å². The second-order valence-electron chi connectivity index (χ2n) is 4.60. The molecule has 0 saturated heterocycles. The summed E-state index contributed by atoms with van der Waals surface area (Å²) in [6, 6.07) is 6.39. The van der Waals surface area contributed by atoms with Gasteiger partial charge in [0.15, 0.2) is 0 Å². The number of hydrogen-bond donors (Lipinski definition) is 1. The third-order valence-corrected chi connectivity index (χ3v) is 4.02. The lowest BCUT2D eigenvalue weighted by molar-refractivity contribution is 0.541. The fourth-order valence-electron chi connectivity index (χ4n) is 1.92. The second-order valence-corrected chi connectivity index (χ2v) is 5.45. The lowest BCUT2D eigenvalue weighted by Crippen LogP contribution is -2.22. The van der Waals surface area contributed by atoms with Crippen LogP contribution < -0.4 is 5.32 Å². The standard InChI is InChI=1S/C13H18FNS/c1-8-6-12(8)15-9(2)10-4-5-13(16-3)11(14)7-10/h4-5,7-9,12,15H,6H2,1-3H3. The topological polar surface area (TPSA) is 12.0 Å². The fraction of sp³-hybridized carbons (Fsp3) is 0.538. The Balaban J connectivity index is 2.05. The minimum Gasteiger partial charge on any atom is -0.307 e. The summed E-state index contributed by atoms with van der Waals surface area (Å²) in [5.74, 6) is 0.667. The molecule has 1 aliphatic rings. The molecule has 1 aromatic carbocycles. The Morgan fingerprint density at radius 3 is 2.69 bits per heavy atom. The predicted molar refractivity (Wildman–Crippen MR) is 67.3 cm³/mol. The molecule has 16 heavy (non-hydrogen) atoms. The second kappa shape index (κ2) is 4.76. The van der Waals surface area contributed by atoms with E-state index in [0.29, 0.717) is 6.04 Å². The highest BCUT2D eigenvalue weighted by Crippen LogP contribution is 2.32. The van der Waals surface area contributed by atoms with Crippen molar-refractivity contribution in [2.24, 2.45) is 5.92 Å². The SMILES string of the molecule is CSc1ccc(C(C)NC2CC2C)cc1F. The fourth-order valence-corrected chi connectivity index (χ4v) is 2.38. The zero-order valence-corrected chi connectivity index (χ0v) is 10.8. The van der Waals surface area contributed by atoms with Crippen molar-refractivity contribution in [1.82, 2.24) is 5.32 Å². The van der Waals surface area contributed by atoms with Gasteiger partial charge >= 0.3 is 0 Å². The van der Waals surface area contributed by atoms with Crippen molar-refractivity contribution < 1.29 is 4.39 Å². The van der Waals surface area contributed by atoms with Crippen molar-refractivity contribution >= 4 is 11.8 Å². The van der Waals surface area contributed by atoms with Crippen LogP contribution in [-0.4, -0.2) is 12.3 Å². The first-order valence-corrected chi connectivity index (χ1v) is 6.93. The minimum absolute atomic E-state index is 0.109. The van der Waals surface area contributed by atoms with Gasteiger partial charge < -0.3 is 5.32 Å². The number of halogens is 1. The Kier molecular flexibility index (Phi) is 3.55. The van der Waals surface area contributed by atoms with Crippen molar-refractivity contribution in [3.8, 4) is 0 Å². The van der Waals surface area contributed by atoms with Gasteiger partial charge in [-0.1, -0.05) is 13.0 Å².